The SMILES string of the molecule is CC1(c2cnn3c2[nH]c2cc(F)cc(C(N)=O)c23)CCN(CC(F)(F)F)CC1. The van der Waals surface area contributed by atoms with E-state index < -0.39 is 29.9 Å². The number of rotatable bonds is 3. The first-order chi connectivity index (χ1) is 13.1. The summed E-state index contributed by atoms with van der Waals surface area (Å²) in [5.74, 6) is -1.37. The fourth-order valence-corrected chi connectivity index (χ4v) is 4.05. The highest BCUT2D eigenvalue weighted by molar-refractivity contribution is 6.05. The van der Waals surface area contributed by atoms with Gasteiger partial charge in [0.25, 0.3) is 5.91 Å². The summed E-state index contributed by atoms with van der Waals surface area (Å²) in [5.41, 5.74) is 7.19. The second kappa shape index (κ2) is 6.20. The van der Waals surface area contributed by atoms with E-state index in [1.54, 1.807) is 6.20 Å². The van der Waals surface area contributed by atoms with E-state index in [0.29, 0.717) is 42.6 Å². The topological polar surface area (TPSA) is 79.4 Å². The van der Waals surface area contributed by atoms with Gasteiger partial charge in [0.2, 0.25) is 0 Å². The number of fused-ring (bicyclic) bond motifs is 3. The molecule has 1 amide bonds. The molecular formula is C18H19F4N5O. The van der Waals surface area contributed by atoms with Gasteiger partial charge in [0.15, 0.2) is 0 Å². The maximum absolute atomic E-state index is 13.8. The number of aromatic amines is 1. The molecule has 0 atom stereocenters. The van der Waals surface area contributed by atoms with Gasteiger partial charge in [0, 0.05) is 11.0 Å². The maximum atomic E-state index is 13.8. The van der Waals surface area contributed by atoms with Gasteiger partial charge in [-0.2, -0.15) is 18.3 Å². The van der Waals surface area contributed by atoms with Crippen LogP contribution < -0.4 is 5.73 Å². The Kier molecular flexibility index (Phi) is 4.14. The number of nitrogens with zero attached hydrogens (tertiary/aromatic N) is 3. The summed E-state index contributed by atoms with van der Waals surface area (Å²) in [7, 11) is 0. The van der Waals surface area contributed by atoms with Gasteiger partial charge in [0.1, 0.15) is 17.0 Å². The van der Waals surface area contributed by atoms with E-state index in [1.807, 2.05) is 6.92 Å². The summed E-state index contributed by atoms with van der Waals surface area (Å²) in [6.07, 6.45) is -1.52. The molecule has 1 fully saturated rings. The molecule has 3 aromatic rings. The van der Waals surface area contributed by atoms with Gasteiger partial charge < -0.3 is 10.7 Å². The number of aromatic nitrogens is 3. The first kappa shape index (κ1) is 18.7. The zero-order chi connectivity index (χ0) is 20.3. The molecule has 3 heterocycles. The van der Waals surface area contributed by atoms with Gasteiger partial charge in [-0.05, 0) is 38.1 Å². The number of carbonyl (C=O) groups is 1. The predicted molar refractivity (Wildman–Crippen MR) is 94.6 cm³/mol. The average molecular weight is 397 g/mol. The first-order valence-electron chi connectivity index (χ1n) is 8.86. The van der Waals surface area contributed by atoms with Crippen molar-refractivity contribution < 1.29 is 22.4 Å². The Bertz CT molecular complexity index is 1060. The molecule has 28 heavy (non-hydrogen) atoms. The zero-order valence-corrected chi connectivity index (χ0v) is 15.1. The highest BCUT2D eigenvalue weighted by Gasteiger charge is 2.38. The Morgan fingerprint density at radius 2 is 2.00 bits per heavy atom. The molecule has 6 nitrogen and oxygen atoms in total. The van der Waals surface area contributed by atoms with E-state index in [2.05, 4.69) is 10.1 Å². The number of carbonyl (C=O) groups excluding carboxylic acids is 1. The normalized spacial score (nSPS) is 18.2. The highest BCUT2D eigenvalue weighted by atomic mass is 19.4. The van der Waals surface area contributed by atoms with Crippen molar-refractivity contribution in [2.24, 2.45) is 5.73 Å². The molecule has 1 saturated heterocycles. The third kappa shape index (κ3) is 3.11. The Balaban J connectivity index is 1.72. The summed E-state index contributed by atoms with van der Waals surface area (Å²) >= 11 is 0. The van der Waals surface area contributed by atoms with Crippen molar-refractivity contribution in [3.05, 3.63) is 35.3 Å². The molecule has 10 heteroatoms. The highest BCUT2D eigenvalue weighted by Crippen LogP contribution is 2.38. The number of alkyl halides is 3. The number of H-pyrrole nitrogens is 1. The third-order valence-electron chi connectivity index (χ3n) is 5.59. The molecular weight excluding hydrogens is 378 g/mol. The number of hydrogen-bond donors (Lipinski definition) is 2. The summed E-state index contributed by atoms with van der Waals surface area (Å²) in [6.45, 7) is 1.69. The number of nitrogens with two attached hydrogens (primary N) is 1. The van der Waals surface area contributed by atoms with Crippen LogP contribution in [0.2, 0.25) is 0 Å². The van der Waals surface area contributed by atoms with Gasteiger partial charge in [-0.25, -0.2) is 8.91 Å². The molecule has 0 bridgehead atoms. The molecule has 0 spiro atoms. The number of primary amides is 1. The van der Waals surface area contributed by atoms with Crippen LogP contribution in [0.4, 0.5) is 17.6 Å². The lowest BCUT2D eigenvalue weighted by Crippen LogP contribution is -2.44. The Hall–Kier alpha value is -2.62. The smallest absolute Gasteiger partial charge is 0.366 e. The van der Waals surface area contributed by atoms with E-state index in [9.17, 15) is 22.4 Å². The van der Waals surface area contributed by atoms with Gasteiger partial charge in [-0.1, -0.05) is 6.92 Å². The van der Waals surface area contributed by atoms with E-state index >= 15 is 0 Å². The third-order valence-corrected chi connectivity index (χ3v) is 5.59. The van der Waals surface area contributed by atoms with E-state index in [0.717, 1.165) is 11.6 Å². The molecule has 3 N–H and O–H groups in total. The minimum atomic E-state index is -4.22. The second-order valence-corrected chi connectivity index (χ2v) is 7.61. The number of amides is 1. The molecule has 1 aliphatic rings. The minimum absolute atomic E-state index is 0.0149. The van der Waals surface area contributed by atoms with Crippen LogP contribution in [0.1, 0.15) is 35.7 Å². The van der Waals surface area contributed by atoms with Crippen molar-refractivity contribution in [2.75, 3.05) is 19.6 Å². The molecule has 0 aliphatic carbocycles. The van der Waals surface area contributed by atoms with Crippen LogP contribution in [0.25, 0.3) is 16.7 Å². The lowest BCUT2D eigenvalue weighted by Gasteiger charge is -2.39. The fraction of sp³-hybridized carbons (Fsp3) is 0.444. The number of nitrogens with one attached hydrogen (secondary N) is 1. The molecule has 0 saturated carbocycles. The van der Waals surface area contributed by atoms with Crippen LogP contribution in [0.5, 0.6) is 0 Å². The summed E-state index contributed by atoms with van der Waals surface area (Å²) in [4.78, 5) is 16.2. The molecule has 0 unspecified atom stereocenters. The monoisotopic (exact) mass is 397 g/mol. The standard InChI is InChI=1S/C18H19F4N5O/c1-17(2-4-26(5-3-17)9-18(20,21)22)12-8-24-27-14-11(15(23)28)6-10(19)7-13(14)25-16(12)27/h6-8,25H,2-5,9H2,1H3,(H2,23,28). The number of piperidine rings is 1. The van der Waals surface area contributed by atoms with Gasteiger partial charge in [-0.3, -0.25) is 9.69 Å². The summed E-state index contributed by atoms with van der Waals surface area (Å²) in [6, 6.07) is 2.32. The Morgan fingerprint density at radius 1 is 1.32 bits per heavy atom. The van der Waals surface area contributed by atoms with Crippen molar-refractivity contribution in [1.82, 2.24) is 19.5 Å². The Morgan fingerprint density at radius 3 is 2.61 bits per heavy atom. The summed E-state index contributed by atoms with van der Waals surface area (Å²) < 4.78 is 53.3. The van der Waals surface area contributed by atoms with Crippen molar-refractivity contribution in [3.8, 4) is 0 Å². The molecule has 150 valence electrons. The molecule has 1 aromatic carbocycles. The predicted octanol–water partition coefficient (Wildman–Crippen LogP) is 2.97. The number of imidazole rings is 1. The van der Waals surface area contributed by atoms with Crippen LogP contribution in [-0.2, 0) is 5.41 Å². The lowest BCUT2D eigenvalue weighted by atomic mass is 9.75. The zero-order valence-electron chi connectivity index (χ0n) is 15.1. The lowest BCUT2D eigenvalue weighted by molar-refractivity contribution is -0.149. The van der Waals surface area contributed by atoms with Crippen LogP contribution in [-0.4, -0.2) is 51.2 Å². The second-order valence-electron chi connectivity index (χ2n) is 7.61. The van der Waals surface area contributed by atoms with Gasteiger partial charge >= 0.3 is 6.18 Å². The van der Waals surface area contributed by atoms with Crippen LogP contribution >= 0.6 is 0 Å². The largest absolute Gasteiger partial charge is 0.401 e. The van der Waals surface area contributed by atoms with Crippen molar-refractivity contribution >= 4 is 22.6 Å². The number of hydrogen-bond acceptors (Lipinski definition) is 3. The number of benzene rings is 1. The molecule has 2 aromatic heterocycles. The van der Waals surface area contributed by atoms with Crippen LogP contribution in [0.15, 0.2) is 18.3 Å². The van der Waals surface area contributed by atoms with Gasteiger partial charge in [0.05, 0.1) is 23.8 Å². The van der Waals surface area contributed by atoms with E-state index in [4.69, 9.17) is 5.73 Å². The molecule has 0 radical (unpaired) electrons. The van der Waals surface area contributed by atoms with Crippen LogP contribution in [0, 0.1) is 5.82 Å². The average Bonchev–Trinajstić information content (AvgIpc) is 3.13. The minimum Gasteiger partial charge on any atom is -0.366 e. The van der Waals surface area contributed by atoms with Gasteiger partial charge in [-0.15, -0.1) is 0 Å². The van der Waals surface area contributed by atoms with Crippen molar-refractivity contribution in [1.29, 1.82) is 0 Å². The Labute approximate surface area is 157 Å². The van der Waals surface area contributed by atoms with E-state index in [-0.39, 0.29) is 5.56 Å². The molecule has 1 aliphatic heterocycles. The van der Waals surface area contributed by atoms with Crippen molar-refractivity contribution in [3.63, 3.8) is 0 Å². The summed E-state index contributed by atoms with van der Waals surface area (Å²) in [5, 5.41) is 4.34. The van der Waals surface area contributed by atoms with E-state index in [1.165, 1.54) is 15.5 Å². The number of halogens is 4. The quantitative estimate of drug-likeness (QED) is 0.667. The van der Waals surface area contributed by atoms with Crippen molar-refractivity contribution in [2.45, 2.75) is 31.4 Å². The number of likely N-dealkylation sites (tertiary alicyclic amines) is 1. The fourth-order valence-electron chi connectivity index (χ4n) is 4.05. The first-order valence-corrected chi connectivity index (χ1v) is 8.86. The van der Waals surface area contributed by atoms with Crippen LogP contribution in [0.3, 0.4) is 0 Å². The maximum Gasteiger partial charge on any atom is 0.401 e. The molecule has 4 rings (SSSR count).